The van der Waals surface area contributed by atoms with Crippen LogP contribution in [-0.2, 0) is 16.0 Å². The molecule has 4 N–H and O–H groups in total. The minimum absolute atomic E-state index is 0.0118. The second-order valence-corrected chi connectivity index (χ2v) is 13.7. The Hall–Kier alpha value is -2.50. The summed E-state index contributed by atoms with van der Waals surface area (Å²) in [4.78, 5) is 28.3. The standard InChI is InChI=1S/C35H47ClN2O4S/c1-4-12-30(35(42)38-31(21-26-15-9-6-10-16-26)33(40)32(39)19-24(2)3)37-34(41)27(20-25-13-7-5-8-14-25)23-43-29-18-11-17-28(36)22-29/h1,5,7-8,11,13-14,17-18,22,24,26-27,30-33,39-40H,6,9-10,12,15-16,19-21,23H2,2-3H3,(H,37,41)(H,38,42)/t27-,30+,31+,32+,33-/m1/s1. The normalized spacial score (nSPS) is 17.3. The van der Waals surface area contributed by atoms with E-state index >= 15 is 0 Å². The van der Waals surface area contributed by atoms with E-state index in [1.807, 2.05) is 68.4 Å². The molecule has 43 heavy (non-hydrogen) atoms. The van der Waals surface area contributed by atoms with Gasteiger partial charge in [0.25, 0.3) is 0 Å². The van der Waals surface area contributed by atoms with Gasteiger partial charge in [0, 0.05) is 22.1 Å². The van der Waals surface area contributed by atoms with Gasteiger partial charge in [-0.25, -0.2) is 0 Å². The molecule has 2 amide bonds. The van der Waals surface area contributed by atoms with Crippen molar-refractivity contribution in [2.24, 2.45) is 17.8 Å². The van der Waals surface area contributed by atoms with Crippen molar-refractivity contribution in [3.05, 3.63) is 65.2 Å². The van der Waals surface area contributed by atoms with Gasteiger partial charge in [-0.3, -0.25) is 9.59 Å². The van der Waals surface area contributed by atoms with Crippen molar-refractivity contribution in [3.8, 4) is 12.3 Å². The van der Waals surface area contributed by atoms with Gasteiger partial charge < -0.3 is 20.8 Å². The lowest BCUT2D eigenvalue weighted by atomic mass is 9.82. The number of halogens is 1. The largest absolute Gasteiger partial charge is 0.390 e. The first-order valence-corrected chi connectivity index (χ1v) is 16.8. The van der Waals surface area contributed by atoms with Gasteiger partial charge in [0.2, 0.25) is 11.8 Å². The van der Waals surface area contributed by atoms with Crippen LogP contribution in [0.4, 0.5) is 0 Å². The number of aliphatic hydroxyl groups excluding tert-OH is 2. The van der Waals surface area contributed by atoms with Crippen LogP contribution in [0, 0.1) is 30.1 Å². The van der Waals surface area contributed by atoms with Crippen LogP contribution in [-0.4, -0.2) is 52.1 Å². The summed E-state index contributed by atoms with van der Waals surface area (Å²) in [5, 5.41) is 28.4. The number of aliphatic hydroxyl groups is 2. The van der Waals surface area contributed by atoms with E-state index < -0.39 is 36.1 Å². The Morgan fingerprint density at radius 3 is 2.40 bits per heavy atom. The molecule has 0 radical (unpaired) electrons. The molecule has 1 aliphatic carbocycles. The van der Waals surface area contributed by atoms with Gasteiger partial charge in [0.05, 0.1) is 18.1 Å². The summed E-state index contributed by atoms with van der Waals surface area (Å²) in [7, 11) is 0. The number of benzene rings is 2. The van der Waals surface area contributed by atoms with Crippen molar-refractivity contribution in [2.45, 2.75) is 101 Å². The summed E-state index contributed by atoms with van der Waals surface area (Å²) < 4.78 is 0. The lowest BCUT2D eigenvalue weighted by molar-refractivity contribution is -0.132. The molecule has 0 saturated heterocycles. The molecule has 8 heteroatoms. The Balaban J connectivity index is 1.74. The van der Waals surface area contributed by atoms with E-state index in [1.54, 1.807) is 0 Å². The van der Waals surface area contributed by atoms with Crippen LogP contribution in [0.1, 0.15) is 70.8 Å². The Labute approximate surface area is 266 Å². The van der Waals surface area contributed by atoms with Crippen LogP contribution in [0.25, 0.3) is 0 Å². The van der Waals surface area contributed by atoms with Crippen molar-refractivity contribution in [1.29, 1.82) is 0 Å². The van der Waals surface area contributed by atoms with E-state index in [4.69, 9.17) is 18.0 Å². The first-order valence-electron chi connectivity index (χ1n) is 15.5. The van der Waals surface area contributed by atoms with Crippen LogP contribution in [0.3, 0.4) is 0 Å². The Morgan fingerprint density at radius 1 is 1.02 bits per heavy atom. The molecule has 0 aliphatic heterocycles. The van der Waals surface area contributed by atoms with Crippen LogP contribution >= 0.6 is 23.4 Å². The number of thioether (sulfide) groups is 1. The number of amides is 2. The summed E-state index contributed by atoms with van der Waals surface area (Å²) >= 11 is 7.70. The molecule has 2 aromatic rings. The summed E-state index contributed by atoms with van der Waals surface area (Å²) in [6, 6.07) is 15.7. The minimum atomic E-state index is -1.12. The molecule has 0 heterocycles. The van der Waals surface area contributed by atoms with Crippen molar-refractivity contribution >= 4 is 35.2 Å². The molecule has 0 unspecified atom stereocenters. The predicted molar refractivity (Wildman–Crippen MR) is 176 cm³/mol. The highest BCUT2D eigenvalue weighted by Gasteiger charge is 2.33. The number of hydrogen-bond donors (Lipinski definition) is 4. The summed E-state index contributed by atoms with van der Waals surface area (Å²) in [6.45, 7) is 3.97. The first-order chi connectivity index (χ1) is 20.7. The fraction of sp³-hybridized carbons (Fsp3) is 0.543. The van der Waals surface area contributed by atoms with Crippen LogP contribution in [0.5, 0.6) is 0 Å². The molecule has 0 spiro atoms. The Kier molecular flexibility index (Phi) is 14.9. The molecule has 1 saturated carbocycles. The quantitative estimate of drug-likeness (QED) is 0.135. The lowest BCUT2D eigenvalue weighted by Gasteiger charge is -2.33. The Bertz CT molecular complexity index is 1180. The van der Waals surface area contributed by atoms with E-state index in [1.165, 1.54) is 18.2 Å². The van der Waals surface area contributed by atoms with Crippen LogP contribution in [0.15, 0.2) is 59.5 Å². The van der Waals surface area contributed by atoms with Gasteiger partial charge in [0.15, 0.2) is 0 Å². The molecule has 1 aliphatic rings. The van der Waals surface area contributed by atoms with Gasteiger partial charge in [-0.05, 0) is 54.9 Å². The molecule has 2 aromatic carbocycles. The third kappa shape index (κ3) is 12.2. The molecule has 3 rings (SSSR count). The third-order valence-electron chi connectivity index (χ3n) is 8.06. The number of carbonyl (C=O) groups is 2. The maximum absolute atomic E-state index is 13.7. The summed E-state index contributed by atoms with van der Waals surface area (Å²) in [6.07, 6.45) is 10.6. The fourth-order valence-electron chi connectivity index (χ4n) is 5.74. The van der Waals surface area contributed by atoms with Crippen molar-refractivity contribution in [3.63, 3.8) is 0 Å². The SMILES string of the molecule is C#CC[C@H](NC(=O)[C@@H](CSc1cccc(Cl)c1)Cc1ccccc1)C(=O)N[C@@H](CC1CCCCC1)[C@@H](O)[C@@H](O)CC(C)C. The topological polar surface area (TPSA) is 98.7 Å². The third-order valence-corrected chi connectivity index (χ3v) is 9.45. The number of hydrogen-bond acceptors (Lipinski definition) is 5. The highest BCUT2D eigenvalue weighted by atomic mass is 35.5. The fourth-order valence-corrected chi connectivity index (χ4v) is 7.04. The Morgan fingerprint density at radius 2 is 1.74 bits per heavy atom. The van der Waals surface area contributed by atoms with Gasteiger partial charge in [0.1, 0.15) is 12.1 Å². The maximum atomic E-state index is 13.7. The molecule has 1 fully saturated rings. The zero-order valence-electron chi connectivity index (χ0n) is 25.4. The zero-order chi connectivity index (χ0) is 31.2. The van der Waals surface area contributed by atoms with Crippen LogP contribution < -0.4 is 10.6 Å². The van der Waals surface area contributed by atoms with Gasteiger partial charge >= 0.3 is 0 Å². The zero-order valence-corrected chi connectivity index (χ0v) is 27.0. The molecule has 0 bridgehead atoms. The van der Waals surface area contributed by atoms with E-state index in [2.05, 4.69) is 16.6 Å². The molecule has 0 aromatic heterocycles. The predicted octanol–water partition coefficient (Wildman–Crippen LogP) is 6.02. The number of terminal acetylenes is 1. The summed E-state index contributed by atoms with van der Waals surface area (Å²) in [5.74, 6) is 2.42. The molecular formula is C35H47ClN2O4S. The van der Waals surface area contributed by atoms with E-state index in [0.717, 1.165) is 36.1 Å². The second kappa shape index (κ2) is 18.3. The van der Waals surface area contributed by atoms with Gasteiger partial charge in [-0.1, -0.05) is 94.0 Å². The van der Waals surface area contributed by atoms with E-state index in [-0.39, 0.29) is 18.2 Å². The van der Waals surface area contributed by atoms with Crippen molar-refractivity contribution < 1.29 is 19.8 Å². The van der Waals surface area contributed by atoms with E-state index in [0.29, 0.717) is 36.0 Å². The number of carbonyl (C=O) groups excluding carboxylic acids is 2. The minimum Gasteiger partial charge on any atom is -0.390 e. The maximum Gasteiger partial charge on any atom is 0.243 e. The average molecular weight is 627 g/mol. The summed E-state index contributed by atoms with van der Waals surface area (Å²) in [5.41, 5.74) is 1.02. The van der Waals surface area contributed by atoms with Crippen molar-refractivity contribution in [2.75, 3.05) is 5.75 Å². The number of rotatable bonds is 16. The number of nitrogens with one attached hydrogen (secondary N) is 2. The highest BCUT2D eigenvalue weighted by Crippen LogP contribution is 2.29. The van der Waals surface area contributed by atoms with Gasteiger partial charge in [-0.2, -0.15) is 0 Å². The second-order valence-electron chi connectivity index (χ2n) is 12.2. The van der Waals surface area contributed by atoms with Crippen molar-refractivity contribution in [1.82, 2.24) is 10.6 Å². The highest BCUT2D eigenvalue weighted by molar-refractivity contribution is 7.99. The lowest BCUT2D eigenvalue weighted by Crippen LogP contribution is -2.56. The molecule has 234 valence electrons. The average Bonchev–Trinajstić information content (AvgIpc) is 2.99. The van der Waals surface area contributed by atoms with E-state index in [9.17, 15) is 19.8 Å². The first kappa shape index (κ1) is 35.0. The van der Waals surface area contributed by atoms with Crippen LogP contribution in [0.2, 0.25) is 5.02 Å². The van der Waals surface area contributed by atoms with Gasteiger partial charge in [-0.15, -0.1) is 24.1 Å². The molecule has 5 atom stereocenters. The molecule has 6 nitrogen and oxygen atoms in total. The molecular weight excluding hydrogens is 580 g/mol. The smallest absolute Gasteiger partial charge is 0.243 e. The monoisotopic (exact) mass is 626 g/mol.